The van der Waals surface area contributed by atoms with Gasteiger partial charge in [0.25, 0.3) is 11.8 Å². The largest absolute Gasteiger partial charge is 0.493 e. The van der Waals surface area contributed by atoms with Crippen molar-refractivity contribution in [3.05, 3.63) is 53.1 Å². The van der Waals surface area contributed by atoms with E-state index in [4.69, 9.17) is 9.47 Å². The Morgan fingerprint density at radius 1 is 1.08 bits per heavy atom. The van der Waals surface area contributed by atoms with Gasteiger partial charge in [-0.15, -0.1) is 0 Å². The number of piperidine rings is 1. The number of hydrogen-bond donors (Lipinski definition) is 1. The summed E-state index contributed by atoms with van der Waals surface area (Å²) in [4.78, 5) is 30.7. The van der Waals surface area contributed by atoms with Crippen molar-refractivity contribution in [1.82, 2.24) is 4.90 Å². The standard InChI is InChI=1S/C27H34N2O7S/c1-4-36-24-16-19(8-9-23(24)35-2)22(17-37(3,33)34)29-26(31)20-6-5-7-21(25(20)27(29)32)28-13-10-18(11-14-28)12-15-30/h5-9,16,18,22,30H,4,10-15,17H2,1-3H3/t22-/m1/s1. The lowest BCUT2D eigenvalue weighted by molar-refractivity contribution is 0.0597. The predicted octanol–water partition coefficient (Wildman–Crippen LogP) is 3.07. The molecule has 200 valence electrons. The maximum atomic E-state index is 13.9. The highest BCUT2D eigenvalue weighted by Gasteiger charge is 2.44. The van der Waals surface area contributed by atoms with Crippen LogP contribution in [0.5, 0.6) is 11.5 Å². The van der Waals surface area contributed by atoms with Crippen molar-refractivity contribution in [1.29, 1.82) is 0 Å². The lowest BCUT2D eigenvalue weighted by Gasteiger charge is -2.34. The van der Waals surface area contributed by atoms with E-state index < -0.39 is 33.4 Å². The lowest BCUT2D eigenvalue weighted by Crippen LogP contribution is -2.38. The van der Waals surface area contributed by atoms with Crippen LogP contribution in [-0.4, -0.2) is 75.7 Å². The summed E-state index contributed by atoms with van der Waals surface area (Å²) in [5.74, 6) is -0.129. The molecule has 2 amide bonds. The highest BCUT2D eigenvalue weighted by atomic mass is 32.2. The number of ether oxygens (including phenoxy) is 2. The molecule has 2 aliphatic heterocycles. The van der Waals surface area contributed by atoms with Crippen LogP contribution in [0, 0.1) is 5.92 Å². The number of rotatable bonds is 10. The zero-order valence-corrected chi connectivity index (χ0v) is 22.3. The molecule has 2 aliphatic rings. The van der Waals surface area contributed by atoms with E-state index in [9.17, 15) is 23.1 Å². The zero-order valence-electron chi connectivity index (χ0n) is 21.5. The second-order valence-electron chi connectivity index (χ2n) is 9.57. The molecule has 1 N–H and O–H groups in total. The Morgan fingerprint density at radius 3 is 2.43 bits per heavy atom. The number of methoxy groups -OCH3 is 1. The highest BCUT2D eigenvalue weighted by molar-refractivity contribution is 7.90. The molecule has 0 bridgehead atoms. The average molecular weight is 531 g/mol. The Morgan fingerprint density at radius 2 is 1.81 bits per heavy atom. The summed E-state index contributed by atoms with van der Waals surface area (Å²) in [6, 6.07) is 9.13. The first-order valence-electron chi connectivity index (χ1n) is 12.5. The van der Waals surface area contributed by atoms with Crippen LogP contribution in [0.1, 0.15) is 58.5 Å². The minimum atomic E-state index is -3.58. The van der Waals surface area contributed by atoms with E-state index in [-0.39, 0.29) is 12.2 Å². The number of amides is 2. The van der Waals surface area contributed by atoms with Crippen LogP contribution in [0.3, 0.4) is 0 Å². The number of hydrogen-bond acceptors (Lipinski definition) is 8. The van der Waals surface area contributed by atoms with Crippen LogP contribution in [0.25, 0.3) is 0 Å². The maximum absolute atomic E-state index is 13.9. The molecule has 0 saturated carbocycles. The number of carbonyl (C=O) groups is 2. The van der Waals surface area contributed by atoms with E-state index in [2.05, 4.69) is 4.90 Å². The molecule has 10 heteroatoms. The molecule has 0 unspecified atom stereocenters. The molecular weight excluding hydrogens is 496 g/mol. The number of nitrogens with zero attached hydrogens (tertiary/aromatic N) is 2. The van der Waals surface area contributed by atoms with Gasteiger partial charge in [0.1, 0.15) is 9.84 Å². The van der Waals surface area contributed by atoms with E-state index in [1.54, 1.807) is 30.3 Å². The monoisotopic (exact) mass is 530 g/mol. The van der Waals surface area contributed by atoms with Gasteiger partial charge < -0.3 is 19.5 Å². The third-order valence-electron chi connectivity index (χ3n) is 7.06. The summed E-state index contributed by atoms with van der Waals surface area (Å²) in [5, 5.41) is 9.27. The summed E-state index contributed by atoms with van der Waals surface area (Å²) < 4.78 is 35.9. The van der Waals surface area contributed by atoms with Gasteiger partial charge >= 0.3 is 0 Å². The van der Waals surface area contributed by atoms with Gasteiger partial charge in [0.05, 0.1) is 42.3 Å². The van der Waals surface area contributed by atoms with Gasteiger partial charge in [0.2, 0.25) is 0 Å². The van der Waals surface area contributed by atoms with Crippen LogP contribution in [-0.2, 0) is 9.84 Å². The molecule has 1 atom stereocenters. The smallest absolute Gasteiger partial charge is 0.264 e. The molecule has 9 nitrogen and oxygen atoms in total. The molecule has 0 spiro atoms. The third-order valence-corrected chi connectivity index (χ3v) is 7.98. The molecule has 1 saturated heterocycles. The van der Waals surface area contributed by atoms with E-state index in [1.807, 2.05) is 13.0 Å². The van der Waals surface area contributed by atoms with Gasteiger partial charge in [0, 0.05) is 26.0 Å². The quantitative estimate of drug-likeness (QED) is 0.467. The van der Waals surface area contributed by atoms with E-state index in [1.165, 1.54) is 7.11 Å². The van der Waals surface area contributed by atoms with E-state index in [0.717, 1.165) is 30.4 Å². The van der Waals surface area contributed by atoms with Crippen molar-refractivity contribution in [2.75, 3.05) is 50.3 Å². The summed E-state index contributed by atoms with van der Waals surface area (Å²) >= 11 is 0. The molecule has 2 heterocycles. The molecule has 37 heavy (non-hydrogen) atoms. The van der Waals surface area contributed by atoms with Crippen molar-refractivity contribution in [2.24, 2.45) is 5.92 Å². The minimum Gasteiger partial charge on any atom is -0.493 e. The first-order valence-corrected chi connectivity index (χ1v) is 14.6. The molecule has 4 rings (SSSR count). The number of fused-ring (bicyclic) bond motifs is 1. The number of anilines is 1. The van der Waals surface area contributed by atoms with Crippen molar-refractivity contribution < 1.29 is 32.6 Å². The summed E-state index contributed by atoms with van der Waals surface area (Å²) in [6.07, 6.45) is 3.62. The number of carbonyl (C=O) groups excluding carboxylic acids is 2. The first-order chi connectivity index (χ1) is 17.7. The van der Waals surface area contributed by atoms with Gasteiger partial charge in [-0.25, -0.2) is 8.42 Å². The summed E-state index contributed by atoms with van der Waals surface area (Å²) in [7, 11) is -2.07. The lowest BCUT2D eigenvalue weighted by atomic mass is 9.93. The van der Waals surface area contributed by atoms with Crippen molar-refractivity contribution in [2.45, 2.75) is 32.2 Å². The summed E-state index contributed by atoms with van der Waals surface area (Å²) in [5.41, 5.74) is 1.74. The van der Waals surface area contributed by atoms with Crippen molar-refractivity contribution in [3.8, 4) is 11.5 Å². The van der Waals surface area contributed by atoms with Gasteiger partial charge in [-0.2, -0.15) is 0 Å². The van der Waals surface area contributed by atoms with Crippen molar-refractivity contribution >= 4 is 27.3 Å². The highest BCUT2D eigenvalue weighted by Crippen LogP contribution is 2.40. The first kappa shape index (κ1) is 26.9. The molecule has 0 radical (unpaired) electrons. The Bertz CT molecular complexity index is 1270. The van der Waals surface area contributed by atoms with E-state index >= 15 is 0 Å². The fourth-order valence-corrected chi connectivity index (χ4v) is 6.17. The number of benzene rings is 2. The van der Waals surface area contributed by atoms with Gasteiger partial charge in [0.15, 0.2) is 11.5 Å². The number of aliphatic hydroxyl groups excluding tert-OH is 1. The molecule has 0 aliphatic carbocycles. The zero-order chi connectivity index (χ0) is 26.7. The molecular formula is C27H34N2O7S. The van der Waals surface area contributed by atoms with Crippen LogP contribution < -0.4 is 14.4 Å². The van der Waals surface area contributed by atoms with Crippen LogP contribution in [0.15, 0.2) is 36.4 Å². The fraction of sp³-hybridized carbons (Fsp3) is 0.481. The second kappa shape index (κ2) is 11.1. The average Bonchev–Trinajstić information content (AvgIpc) is 3.13. The molecule has 2 aromatic carbocycles. The third kappa shape index (κ3) is 5.60. The molecule has 2 aromatic rings. The van der Waals surface area contributed by atoms with Crippen molar-refractivity contribution in [3.63, 3.8) is 0 Å². The topological polar surface area (TPSA) is 113 Å². The Hall–Kier alpha value is -3.11. The Kier molecular flexibility index (Phi) is 8.08. The van der Waals surface area contributed by atoms with Gasteiger partial charge in [-0.3, -0.25) is 14.5 Å². The summed E-state index contributed by atoms with van der Waals surface area (Å²) in [6.45, 7) is 3.77. The predicted molar refractivity (Wildman–Crippen MR) is 140 cm³/mol. The molecule has 0 aromatic heterocycles. The number of imide groups is 1. The van der Waals surface area contributed by atoms with Crippen LogP contribution in [0.4, 0.5) is 5.69 Å². The number of aliphatic hydroxyl groups is 1. The second-order valence-corrected chi connectivity index (χ2v) is 11.8. The van der Waals surface area contributed by atoms with E-state index in [0.29, 0.717) is 53.9 Å². The number of sulfone groups is 1. The van der Waals surface area contributed by atoms with Crippen LogP contribution in [0.2, 0.25) is 0 Å². The SMILES string of the molecule is CCOc1cc([C@@H](CS(C)(=O)=O)N2C(=O)c3cccc(N4CCC(CCO)CC4)c3C2=O)ccc1OC. The molecule has 1 fully saturated rings. The van der Waals surface area contributed by atoms with Gasteiger partial charge in [-0.05, 0) is 61.9 Å². The van der Waals surface area contributed by atoms with Gasteiger partial charge in [-0.1, -0.05) is 12.1 Å². The fourth-order valence-electron chi connectivity index (χ4n) is 5.25. The Balaban J connectivity index is 1.72. The maximum Gasteiger partial charge on any atom is 0.264 e. The van der Waals surface area contributed by atoms with Crippen LogP contribution >= 0.6 is 0 Å². The Labute approximate surface area is 217 Å². The minimum absolute atomic E-state index is 0.158. The normalized spacial score (nSPS) is 17.2.